The van der Waals surface area contributed by atoms with Crippen molar-refractivity contribution in [2.45, 2.75) is 38.3 Å². The van der Waals surface area contributed by atoms with E-state index in [4.69, 9.17) is 0 Å². The lowest BCUT2D eigenvalue weighted by molar-refractivity contribution is -0.135. The summed E-state index contributed by atoms with van der Waals surface area (Å²) in [5.74, 6) is 0.0606. The van der Waals surface area contributed by atoms with Gasteiger partial charge in [-0.2, -0.15) is 0 Å². The minimum absolute atomic E-state index is 0.0268. The third-order valence-corrected chi connectivity index (χ3v) is 5.15. The van der Waals surface area contributed by atoms with E-state index in [-0.39, 0.29) is 23.9 Å². The first kappa shape index (κ1) is 17.4. The average Bonchev–Trinajstić information content (AvgIpc) is 2.74. The standard InChI is InChI=1S/C21H22N4O2/c26-20(25-13-6-4-10-19(25)18-9-3-5-12-22-18)11-14-24-15-23-17-8-2-1-7-16(17)21(24)27/h1-3,5,7-9,12,15,19H,4,6,10-11,13-14H2/t19-/m0/s1. The molecule has 27 heavy (non-hydrogen) atoms. The lowest BCUT2D eigenvalue weighted by Crippen LogP contribution is -2.39. The molecule has 1 fully saturated rings. The molecular formula is C21H22N4O2. The molecule has 1 saturated heterocycles. The number of para-hydroxylation sites is 1. The van der Waals surface area contributed by atoms with Crippen LogP contribution in [0, 0.1) is 0 Å². The second-order valence-electron chi connectivity index (χ2n) is 6.86. The number of piperidine rings is 1. The van der Waals surface area contributed by atoms with Crippen molar-refractivity contribution in [3.63, 3.8) is 0 Å². The molecule has 0 unspecified atom stereocenters. The number of hydrogen-bond donors (Lipinski definition) is 0. The Hall–Kier alpha value is -3.02. The van der Waals surface area contributed by atoms with E-state index < -0.39 is 0 Å². The van der Waals surface area contributed by atoms with Crippen molar-refractivity contribution < 1.29 is 4.79 Å². The van der Waals surface area contributed by atoms with Crippen LogP contribution in [-0.4, -0.2) is 31.9 Å². The molecule has 3 heterocycles. The molecule has 6 nitrogen and oxygen atoms in total. The fourth-order valence-electron chi connectivity index (χ4n) is 3.74. The van der Waals surface area contributed by atoms with Gasteiger partial charge in [0.1, 0.15) is 0 Å². The third kappa shape index (κ3) is 3.60. The van der Waals surface area contributed by atoms with Gasteiger partial charge in [0.2, 0.25) is 5.91 Å². The summed E-state index contributed by atoms with van der Waals surface area (Å²) >= 11 is 0. The zero-order valence-corrected chi connectivity index (χ0v) is 15.1. The summed E-state index contributed by atoms with van der Waals surface area (Å²) in [6.07, 6.45) is 6.62. The molecule has 0 spiro atoms. The molecular weight excluding hydrogens is 340 g/mol. The molecule has 3 aromatic rings. The molecule has 0 saturated carbocycles. The molecule has 1 aromatic carbocycles. The molecule has 1 aliphatic rings. The average molecular weight is 362 g/mol. The molecule has 6 heteroatoms. The Labute approximate surface area is 157 Å². The molecule has 1 atom stereocenters. The van der Waals surface area contributed by atoms with Crippen molar-refractivity contribution in [1.82, 2.24) is 19.4 Å². The number of aromatic nitrogens is 3. The van der Waals surface area contributed by atoms with Crippen molar-refractivity contribution >= 4 is 16.8 Å². The molecule has 1 amide bonds. The number of carbonyl (C=O) groups is 1. The number of hydrogen-bond acceptors (Lipinski definition) is 4. The van der Waals surface area contributed by atoms with Crippen molar-refractivity contribution in [1.29, 1.82) is 0 Å². The highest BCUT2D eigenvalue weighted by Gasteiger charge is 2.28. The van der Waals surface area contributed by atoms with E-state index in [1.165, 1.54) is 10.9 Å². The van der Waals surface area contributed by atoms with Gasteiger partial charge in [-0.25, -0.2) is 4.98 Å². The summed E-state index contributed by atoms with van der Waals surface area (Å²) in [5.41, 5.74) is 1.51. The molecule has 138 valence electrons. The van der Waals surface area contributed by atoms with Crippen LogP contribution in [0.2, 0.25) is 0 Å². The van der Waals surface area contributed by atoms with Crippen LogP contribution in [0.25, 0.3) is 10.9 Å². The highest BCUT2D eigenvalue weighted by Crippen LogP contribution is 2.30. The zero-order chi connectivity index (χ0) is 18.6. The number of carbonyl (C=O) groups excluding carboxylic acids is 1. The number of nitrogens with zero attached hydrogens (tertiary/aromatic N) is 4. The van der Waals surface area contributed by atoms with Crippen LogP contribution in [0.15, 0.2) is 59.8 Å². The van der Waals surface area contributed by atoms with Gasteiger partial charge in [0, 0.05) is 25.7 Å². The smallest absolute Gasteiger partial charge is 0.261 e. The van der Waals surface area contributed by atoms with Gasteiger partial charge in [-0.1, -0.05) is 18.2 Å². The number of benzene rings is 1. The minimum Gasteiger partial charge on any atom is -0.334 e. The lowest BCUT2D eigenvalue weighted by Gasteiger charge is -2.35. The summed E-state index contributed by atoms with van der Waals surface area (Å²) in [7, 11) is 0. The first-order valence-corrected chi connectivity index (χ1v) is 9.38. The molecule has 1 aliphatic heterocycles. The third-order valence-electron chi connectivity index (χ3n) is 5.15. The first-order chi connectivity index (χ1) is 13.2. The quantitative estimate of drug-likeness (QED) is 0.716. The van der Waals surface area contributed by atoms with Gasteiger partial charge in [-0.15, -0.1) is 0 Å². The Morgan fingerprint density at radius 3 is 2.78 bits per heavy atom. The van der Waals surface area contributed by atoms with Crippen LogP contribution >= 0.6 is 0 Å². The molecule has 4 rings (SSSR count). The summed E-state index contributed by atoms with van der Waals surface area (Å²) in [4.78, 5) is 36.2. The van der Waals surface area contributed by atoms with E-state index in [1.807, 2.05) is 41.3 Å². The Bertz CT molecular complexity index is 1000. The number of likely N-dealkylation sites (tertiary alicyclic amines) is 1. The van der Waals surface area contributed by atoms with Gasteiger partial charge < -0.3 is 4.90 Å². The second kappa shape index (κ2) is 7.70. The number of rotatable bonds is 4. The van der Waals surface area contributed by atoms with E-state index >= 15 is 0 Å². The maximum atomic E-state index is 12.9. The number of fused-ring (bicyclic) bond motifs is 1. The monoisotopic (exact) mass is 362 g/mol. The summed E-state index contributed by atoms with van der Waals surface area (Å²) in [5, 5.41) is 0.580. The van der Waals surface area contributed by atoms with E-state index in [0.717, 1.165) is 31.5 Å². The van der Waals surface area contributed by atoms with Crippen LogP contribution in [0.1, 0.15) is 37.4 Å². The van der Waals surface area contributed by atoms with Crippen molar-refractivity contribution in [3.05, 3.63) is 71.0 Å². The van der Waals surface area contributed by atoms with Crippen LogP contribution in [-0.2, 0) is 11.3 Å². The summed E-state index contributed by atoms with van der Waals surface area (Å²) in [6, 6.07) is 13.1. The zero-order valence-electron chi connectivity index (χ0n) is 15.1. The van der Waals surface area contributed by atoms with Gasteiger partial charge in [0.05, 0.1) is 29.0 Å². The van der Waals surface area contributed by atoms with E-state index in [0.29, 0.717) is 17.4 Å². The highest BCUT2D eigenvalue weighted by atomic mass is 16.2. The van der Waals surface area contributed by atoms with Gasteiger partial charge in [0.25, 0.3) is 5.56 Å². The van der Waals surface area contributed by atoms with E-state index in [1.54, 1.807) is 12.3 Å². The molecule has 2 aromatic heterocycles. The Balaban J connectivity index is 1.50. The summed E-state index contributed by atoms with van der Waals surface area (Å²) < 4.78 is 1.53. The highest BCUT2D eigenvalue weighted by molar-refractivity contribution is 5.78. The number of amides is 1. The van der Waals surface area contributed by atoms with Gasteiger partial charge in [0.15, 0.2) is 0 Å². The van der Waals surface area contributed by atoms with Gasteiger partial charge >= 0.3 is 0 Å². The molecule has 0 radical (unpaired) electrons. The predicted octanol–water partition coefficient (Wildman–Crippen LogP) is 2.94. The van der Waals surface area contributed by atoms with Crippen molar-refractivity contribution in [2.24, 2.45) is 0 Å². The number of aryl methyl sites for hydroxylation is 1. The van der Waals surface area contributed by atoms with Crippen LogP contribution in [0.3, 0.4) is 0 Å². The van der Waals surface area contributed by atoms with E-state index in [2.05, 4.69) is 9.97 Å². The van der Waals surface area contributed by atoms with Crippen molar-refractivity contribution in [2.75, 3.05) is 6.54 Å². The first-order valence-electron chi connectivity index (χ1n) is 9.38. The lowest BCUT2D eigenvalue weighted by atomic mass is 9.98. The Morgan fingerprint density at radius 2 is 1.93 bits per heavy atom. The Morgan fingerprint density at radius 1 is 1.07 bits per heavy atom. The SMILES string of the molecule is O=C(CCn1cnc2ccccc2c1=O)N1CCCC[C@H]1c1ccccn1. The fourth-order valence-corrected chi connectivity index (χ4v) is 3.74. The van der Waals surface area contributed by atoms with Crippen LogP contribution in [0.4, 0.5) is 0 Å². The Kier molecular flexibility index (Phi) is 4.96. The minimum atomic E-state index is -0.103. The molecule has 0 bridgehead atoms. The fraction of sp³-hybridized carbons (Fsp3) is 0.333. The summed E-state index contributed by atoms with van der Waals surface area (Å²) in [6.45, 7) is 1.08. The maximum Gasteiger partial charge on any atom is 0.261 e. The van der Waals surface area contributed by atoms with Gasteiger partial charge in [-0.05, 0) is 43.5 Å². The van der Waals surface area contributed by atoms with Crippen molar-refractivity contribution in [3.8, 4) is 0 Å². The van der Waals surface area contributed by atoms with E-state index in [9.17, 15) is 9.59 Å². The van der Waals surface area contributed by atoms with Crippen LogP contribution < -0.4 is 5.56 Å². The van der Waals surface area contributed by atoms with Gasteiger partial charge in [-0.3, -0.25) is 19.1 Å². The predicted molar refractivity (Wildman–Crippen MR) is 103 cm³/mol. The number of pyridine rings is 1. The molecule has 0 N–H and O–H groups in total. The van der Waals surface area contributed by atoms with Crippen LogP contribution in [0.5, 0.6) is 0 Å². The maximum absolute atomic E-state index is 12.9. The second-order valence-corrected chi connectivity index (χ2v) is 6.86. The topological polar surface area (TPSA) is 68.1 Å². The largest absolute Gasteiger partial charge is 0.334 e. The molecule has 0 aliphatic carbocycles. The normalized spacial score (nSPS) is 17.2.